The molecule has 1 aliphatic carbocycles. The lowest BCUT2D eigenvalue weighted by molar-refractivity contribution is -0.146. The van der Waals surface area contributed by atoms with Crippen molar-refractivity contribution in [3.63, 3.8) is 0 Å². The van der Waals surface area contributed by atoms with Crippen molar-refractivity contribution in [3.05, 3.63) is 18.2 Å². The number of esters is 1. The van der Waals surface area contributed by atoms with Crippen LogP contribution in [0, 0.1) is 5.41 Å². The number of nitrogens with one attached hydrogen (secondary N) is 1. The molecule has 1 aliphatic rings. The van der Waals surface area contributed by atoms with Gasteiger partial charge in [-0.25, -0.2) is 0 Å². The fourth-order valence-corrected chi connectivity index (χ4v) is 2.04. The van der Waals surface area contributed by atoms with E-state index in [1.807, 2.05) is 18.2 Å². The summed E-state index contributed by atoms with van der Waals surface area (Å²) in [6.45, 7) is 0.545. The van der Waals surface area contributed by atoms with E-state index in [0.717, 1.165) is 30.0 Å². The van der Waals surface area contributed by atoms with Crippen LogP contribution in [-0.2, 0) is 9.53 Å². The zero-order valence-electron chi connectivity index (χ0n) is 11.5. The van der Waals surface area contributed by atoms with Crippen LogP contribution in [0.15, 0.2) is 18.2 Å². The molecule has 0 aliphatic heterocycles. The highest BCUT2D eigenvalue weighted by Gasteiger charge is 2.50. The van der Waals surface area contributed by atoms with E-state index < -0.39 is 0 Å². The van der Waals surface area contributed by atoms with E-state index in [2.05, 4.69) is 5.32 Å². The lowest BCUT2D eigenvalue weighted by atomic mass is 10.1. The molecule has 1 aromatic carbocycles. The molecule has 0 spiro atoms. The predicted molar refractivity (Wildman–Crippen MR) is 71.7 cm³/mol. The summed E-state index contributed by atoms with van der Waals surface area (Å²) in [7, 11) is 4.65. The highest BCUT2D eigenvalue weighted by molar-refractivity contribution is 5.80. The summed E-state index contributed by atoms with van der Waals surface area (Å²) >= 11 is 0. The Morgan fingerprint density at radius 2 is 2.00 bits per heavy atom. The SMILES string of the molecule is COC(=O)C1(CNc2cc(OC)ccc2OC)CC1. The first-order chi connectivity index (χ1) is 9.15. The maximum atomic E-state index is 11.7. The molecule has 1 N–H and O–H groups in total. The number of ether oxygens (including phenoxy) is 3. The van der Waals surface area contributed by atoms with Crippen molar-refractivity contribution >= 4 is 11.7 Å². The Morgan fingerprint density at radius 1 is 1.26 bits per heavy atom. The van der Waals surface area contributed by atoms with Crippen molar-refractivity contribution in [1.29, 1.82) is 0 Å². The van der Waals surface area contributed by atoms with Crippen LogP contribution in [0.4, 0.5) is 5.69 Å². The number of hydrogen-bond donors (Lipinski definition) is 1. The molecule has 1 fully saturated rings. The Kier molecular flexibility index (Phi) is 3.83. The second-order valence-electron chi connectivity index (χ2n) is 4.69. The molecule has 0 aromatic heterocycles. The quantitative estimate of drug-likeness (QED) is 0.798. The standard InChI is InChI=1S/C14H19NO4/c1-17-10-4-5-12(18-2)11(8-10)15-9-14(6-7-14)13(16)19-3/h4-5,8,15H,6-7,9H2,1-3H3. The van der Waals surface area contributed by atoms with Crippen LogP contribution < -0.4 is 14.8 Å². The number of hydrogen-bond acceptors (Lipinski definition) is 5. The third-order valence-electron chi connectivity index (χ3n) is 3.50. The molecule has 0 bridgehead atoms. The third kappa shape index (κ3) is 2.75. The number of benzene rings is 1. The number of anilines is 1. The fourth-order valence-electron chi connectivity index (χ4n) is 2.04. The zero-order valence-corrected chi connectivity index (χ0v) is 11.5. The molecule has 0 radical (unpaired) electrons. The molecule has 1 aromatic rings. The Bertz CT molecular complexity index is 469. The first-order valence-corrected chi connectivity index (χ1v) is 6.19. The Balaban J connectivity index is 2.08. The lowest BCUT2D eigenvalue weighted by Crippen LogP contribution is -2.26. The van der Waals surface area contributed by atoms with E-state index in [9.17, 15) is 4.79 Å². The number of carbonyl (C=O) groups excluding carboxylic acids is 1. The lowest BCUT2D eigenvalue weighted by Gasteiger charge is -2.17. The van der Waals surface area contributed by atoms with E-state index in [4.69, 9.17) is 14.2 Å². The largest absolute Gasteiger partial charge is 0.497 e. The van der Waals surface area contributed by atoms with Gasteiger partial charge in [0.25, 0.3) is 0 Å². The second-order valence-corrected chi connectivity index (χ2v) is 4.69. The normalized spacial score (nSPS) is 15.5. The molecule has 0 heterocycles. The molecular weight excluding hydrogens is 246 g/mol. The van der Waals surface area contributed by atoms with Crippen molar-refractivity contribution in [1.82, 2.24) is 0 Å². The summed E-state index contributed by atoms with van der Waals surface area (Å²) in [6, 6.07) is 5.52. The molecule has 5 heteroatoms. The zero-order chi connectivity index (χ0) is 13.9. The molecule has 19 heavy (non-hydrogen) atoms. The van der Waals surface area contributed by atoms with Gasteiger partial charge in [-0.05, 0) is 25.0 Å². The average molecular weight is 265 g/mol. The first kappa shape index (κ1) is 13.5. The van der Waals surface area contributed by atoms with Crippen LogP contribution in [0.3, 0.4) is 0 Å². The van der Waals surface area contributed by atoms with Gasteiger partial charge in [-0.2, -0.15) is 0 Å². The molecular formula is C14H19NO4. The van der Waals surface area contributed by atoms with Gasteiger partial charge >= 0.3 is 5.97 Å². The molecule has 104 valence electrons. The summed E-state index contributed by atoms with van der Waals surface area (Å²) < 4.78 is 15.3. The smallest absolute Gasteiger partial charge is 0.313 e. The van der Waals surface area contributed by atoms with E-state index in [-0.39, 0.29) is 11.4 Å². The molecule has 1 saturated carbocycles. The Hall–Kier alpha value is -1.91. The van der Waals surface area contributed by atoms with Crippen molar-refractivity contribution in [2.75, 3.05) is 33.2 Å². The highest BCUT2D eigenvalue weighted by Crippen LogP contribution is 2.47. The van der Waals surface area contributed by atoms with Gasteiger partial charge < -0.3 is 19.5 Å². The van der Waals surface area contributed by atoms with Gasteiger partial charge in [0, 0.05) is 12.6 Å². The minimum absolute atomic E-state index is 0.151. The molecule has 0 atom stereocenters. The van der Waals surface area contributed by atoms with Crippen LogP contribution in [0.25, 0.3) is 0 Å². The van der Waals surface area contributed by atoms with Crippen LogP contribution in [0.1, 0.15) is 12.8 Å². The first-order valence-electron chi connectivity index (χ1n) is 6.19. The van der Waals surface area contributed by atoms with Gasteiger partial charge in [0.05, 0.1) is 32.4 Å². The topological polar surface area (TPSA) is 56.8 Å². The van der Waals surface area contributed by atoms with Crippen molar-refractivity contribution in [2.24, 2.45) is 5.41 Å². The van der Waals surface area contributed by atoms with Crippen LogP contribution in [0.5, 0.6) is 11.5 Å². The summed E-state index contributed by atoms with van der Waals surface area (Å²) in [6.07, 6.45) is 1.72. The van der Waals surface area contributed by atoms with Gasteiger partial charge in [-0.15, -0.1) is 0 Å². The molecule has 5 nitrogen and oxygen atoms in total. The van der Waals surface area contributed by atoms with Crippen LogP contribution in [0.2, 0.25) is 0 Å². The third-order valence-corrected chi connectivity index (χ3v) is 3.50. The maximum Gasteiger partial charge on any atom is 0.313 e. The molecule has 0 saturated heterocycles. The van der Waals surface area contributed by atoms with Crippen molar-refractivity contribution in [2.45, 2.75) is 12.8 Å². The van der Waals surface area contributed by atoms with Crippen LogP contribution >= 0.6 is 0 Å². The van der Waals surface area contributed by atoms with Crippen LogP contribution in [-0.4, -0.2) is 33.8 Å². The van der Waals surface area contributed by atoms with E-state index in [0.29, 0.717) is 6.54 Å². The fraction of sp³-hybridized carbons (Fsp3) is 0.500. The Labute approximate surface area is 112 Å². The summed E-state index contributed by atoms with van der Waals surface area (Å²) in [5.74, 6) is 1.31. The summed E-state index contributed by atoms with van der Waals surface area (Å²) in [5, 5.41) is 3.25. The van der Waals surface area contributed by atoms with Crippen molar-refractivity contribution in [3.8, 4) is 11.5 Å². The number of methoxy groups -OCH3 is 3. The summed E-state index contributed by atoms with van der Waals surface area (Å²) in [5.41, 5.74) is 0.445. The predicted octanol–water partition coefficient (Wildman–Crippen LogP) is 2.07. The van der Waals surface area contributed by atoms with Gasteiger partial charge in [-0.3, -0.25) is 4.79 Å². The van der Waals surface area contributed by atoms with Crippen molar-refractivity contribution < 1.29 is 19.0 Å². The molecule has 0 unspecified atom stereocenters. The van der Waals surface area contributed by atoms with E-state index >= 15 is 0 Å². The van der Waals surface area contributed by atoms with E-state index in [1.165, 1.54) is 7.11 Å². The highest BCUT2D eigenvalue weighted by atomic mass is 16.5. The maximum absolute atomic E-state index is 11.7. The molecule has 2 rings (SSSR count). The average Bonchev–Trinajstić information content (AvgIpc) is 3.25. The second kappa shape index (κ2) is 5.38. The van der Waals surface area contributed by atoms with Gasteiger partial charge in [-0.1, -0.05) is 0 Å². The Morgan fingerprint density at radius 3 is 2.53 bits per heavy atom. The van der Waals surface area contributed by atoms with Gasteiger partial charge in [0.15, 0.2) is 0 Å². The molecule has 0 amide bonds. The van der Waals surface area contributed by atoms with E-state index in [1.54, 1.807) is 14.2 Å². The minimum Gasteiger partial charge on any atom is -0.497 e. The monoisotopic (exact) mass is 265 g/mol. The number of rotatable bonds is 6. The van der Waals surface area contributed by atoms with Gasteiger partial charge in [0.2, 0.25) is 0 Å². The van der Waals surface area contributed by atoms with Gasteiger partial charge in [0.1, 0.15) is 11.5 Å². The number of carbonyl (C=O) groups is 1. The summed E-state index contributed by atoms with van der Waals surface area (Å²) in [4.78, 5) is 11.7. The minimum atomic E-state index is -0.372.